The van der Waals surface area contributed by atoms with Gasteiger partial charge in [0.1, 0.15) is 6.10 Å². The minimum absolute atomic E-state index is 0.0810. The van der Waals surface area contributed by atoms with Gasteiger partial charge in [-0.2, -0.15) is 0 Å². The van der Waals surface area contributed by atoms with Crippen LogP contribution in [0.25, 0.3) is 0 Å². The van der Waals surface area contributed by atoms with Gasteiger partial charge in [-0.05, 0) is 24.2 Å². The van der Waals surface area contributed by atoms with Gasteiger partial charge in [0.25, 0.3) is 0 Å². The van der Waals surface area contributed by atoms with Gasteiger partial charge in [0, 0.05) is 5.92 Å². The summed E-state index contributed by atoms with van der Waals surface area (Å²) >= 11 is 0. The molecule has 62 valence electrons. The summed E-state index contributed by atoms with van der Waals surface area (Å²) in [4.78, 5) is 11.3. The molecule has 0 aromatic heterocycles. The molecule has 0 aliphatic heterocycles. The minimum atomic E-state index is -0.647. The smallest absolute Gasteiger partial charge is 0.164 e. The summed E-state index contributed by atoms with van der Waals surface area (Å²) in [5.41, 5.74) is 0.177. The molecule has 3 aliphatic rings. The zero-order valence-electron chi connectivity index (χ0n) is 7.00. The second kappa shape index (κ2) is 1.86. The molecule has 0 spiro atoms. The zero-order valence-corrected chi connectivity index (χ0v) is 7.00. The number of rotatable bonds is 0. The maximum atomic E-state index is 11.3. The first-order valence-electron chi connectivity index (χ1n) is 4.25. The van der Waals surface area contributed by atoms with Gasteiger partial charge in [0.2, 0.25) is 0 Å². The number of hydrogen-bond donors (Lipinski definition) is 1. The van der Waals surface area contributed by atoms with Crippen molar-refractivity contribution in [2.24, 2.45) is 17.3 Å². The van der Waals surface area contributed by atoms with Crippen LogP contribution in [-0.2, 0) is 4.79 Å². The molecule has 3 rings (SSSR count). The fraction of sp³-hybridized carbons (Fsp3) is 0.889. The maximum Gasteiger partial charge on any atom is 0.164 e. The highest BCUT2D eigenvalue weighted by atomic mass is 16.3. The van der Waals surface area contributed by atoms with Crippen molar-refractivity contribution in [3.63, 3.8) is 0 Å². The molecule has 0 aromatic rings. The Morgan fingerprint density at radius 1 is 1.45 bits per heavy atom. The number of aliphatic hydroxyl groups is 1. The number of carbonyl (C=O) groups is 1. The molecule has 1 unspecified atom stereocenters. The highest BCUT2D eigenvalue weighted by molar-refractivity contribution is 5.88. The molecule has 2 nitrogen and oxygen atoms in total. The summed E-state index contributed by atoms with van der Waals surface area (Å²) in [6, 6.07) is 0. The van der Waals surface area contributed by atoms with Crippen molar-refractivity contribution >= 4 is 5.78 Å². The van der Waals surface area contributed by atoms with Crippen LogP contribution in [0.15, 0.2) is 0 Å². The Kier molecular flexibility index (Phi) is 1.23. The van der Waals surface area contributed by atoms with E-state index >= 15 is 0 Å². The van der Waals surface area contributed by atoms with Crippen molar-refractivity contribution in [2.45, 2.75) is 32.8 Å². The molecule has 3 atom stereocenters. The Bertz CT molecular complexity index is 208. The number of carbonyl (C=O) groups excluding carboxylic acids is 1. The third kappa shape index (κ3) is 0.734. The van der Waals surface area contributed by atoms with Crippen molar-refractivity contribution in [3.8, 4) is 0 Å². The van der Waals surface area contributed by atoms with E-state index in [0.717, 1.165) is 6.42 Å². The summed E-state index contributed by atoms with van der Waals surface area (Å²) < 4.78 is 0. The molecule has 11 heavy (non-hydrogen) atoms. The Balaban J connectivity index is 2.23. The largest absolute Gasteiger partial charge is 0.385 e. The lowest BCUT2D eigenvalue weighted by Gasteiger charge is -2.56. The van der Waals surface area contributed by atoms with Gasteiger partial charge < -0.3 is 5.11 Å². The highest BCUT2D eigenvalue weighted by Gasteiger charge is 2.57. The second-order valence-corrected chi connectivity index (χ2v) is 4.46. The van der Waals surface area contributed by atoms with E-state index in [1.54, 1.807) is 0 Å². The van der Waals surface area contributed by atoms with Gasteiger partial charge >= 0.3 is 0 Å². The summed E-state index contributed by atoms with van der Waals surface area (Å²) in [6.45, 7) is 4.27. The van der Waals surface area contributed by atoms with Gasteiger partial charge in [0.15, 0.2) is 5.78 Å². The van der Waals surface area contributed by atoms with Crippen LogP contribution in [0.4, 0.5) is 0 Å². The summed E-state index contributed by atoms with van der Waals surface area (Å²) in [6.07, 6.45) is 1.07. The van der Waals surface area contributed by atoms with Crippen LogP contribution in [0.2, 0.25) is 0 Å². The van der Waals surface area contributed by atoms with Crippen LogP contribution < -0.4 is 0 Å². The van der Waals surface area contributed by atoms with Crippen molar-refractivity contribution in [2.75, 3.05) is 0 Å². The van der Waals surface area contributed by atoms with Crippen molar-refractivity contribution in [1.82, 2.24) is 0 Å². The van der Waals surface area contributed by atoms with Crippen molar-refractivity contribution in [1.29, 1.82) is 0 Å². The first-order chi connectivity index (χ1) is 5.03. The quantitative estimate of drug-likeness (QED) is 0.564. The van der Waals surface area contributed by atoms with Gasteiger partial charge in [-0.25, -0.2) is 0 Å². The van der Waals surface area contributed by atoms with Gasteiger partial charge in [-0.1, -0.05) is 13.8 Å². The molecule has 3 fully saturated rings. The van der Waals surface area contributed by atoms with Crippen LogP contribution in [0.5, 0.6) is 0 Å². The van der Waals surface area contributed by atoms with E-state index in [0.29, 0.717) is 12.3 Å². The predicted molar refractivity (Wildman–Crippen MR) is 41.0 cm³/mol. The fourth-order valence-electron chi connectivity index (χ4n) is 2.52. The molecule has 2 heteroatoms. The summed E-state index contributed by atoms with van der Waals surface area (Å²) in [5.74, 6) is 0.814. The topological polar surface area (TPSA) is 37.3 Å². The molecule has 0 amide bonds. The lowest BCUT2D eigenvalue weighted by molar-refractivity contribution is -0.164. The van der Waals surface area contributed by atoms with Crippen molar-refractivity contribution in [3.05, 3.63) is 0 Å². The molecule has 0 saturated heterocycles. The first-order valence-corrected chi connectivity index (χ1v) is 4.25. The van der Waals surface area contributed by atoms with Crippen LogP contribution in [-0.4, -0.2) is 17.0 Å². The van der Waals surface area contributed by atoms with E-state index < -0.39 is 6.10 Å². The lowest BCUT2D eigenvalue weighted by Crippen LogP contribution is -2.58. The normalized spacial score (nSPS) is 46.8. The van der Waals surface area contributed by atoms with Crippen LogP contribution >= 0.6 is 0 Å². The molecule has 2 bridgehead atoms. The molecule has 1 N–H and O–H groups in total. The molecule has 3 aliphatic carbocycles. The monoisotopic (exact) mass is 154 g/mol. The van der Waals surface area contributed by atoms with Crippen LogP contribution in [0, 0.1) is 17.3 Å². The Morgan fingerprint density at radius 2 is 2.09 bits per heavy atom. The Hall–Kier alpha value is -0.370. The lowest BCUT2D eigenvalue weighted by atomic mass is 9.48. The molecular formula is C9H14O2. The van der Waals surface area contributed by atoms with Gasteiger partial charge in [0.05, 0.1) is 0 Å². The molecule has 3 saturated carbocycles. The first kappa shape index (κ1) is 7.29. The van der Waals surface area contributed by atoms with Gasteiger partial charge in [-0.3, -0.25) is 4.79 Å². The average molecular weight is 154 g/mol. The van der Waals surface area contributed by atoms with E-state index in [9.17, 15) is 9.90 Å². The summed E-state index contributed by atoms with van der Waals surface area (Å²) in [5, 5.41) is 9.26. The van der Waals surface area contributed by atoms with E-state index in [1.165, 1.54) is 0 Å². The van der Waals surface area contributed by atoms with Gasteiger partial charge in [-0.15, -0.1) is 0 Å². The fourth-order valence-corrected chi connectivity index (χ4v) is 2.52. The standard InChI is InChI=1S/C9H14O2/c1-9(2)5-3-6(9)8(11)7(10)4-5/h5-7,10H,3-4H2,1-2H3/t5-,6+,7?/m0/s1. The van der Waals surface area contributed by atoms with Crippen LogP contribution in [0.3, 0.4) is 0 Å². The second-order valence-electron chi connectivity index (χ2n) is 4.46. The van der Waals surface area contributed by atoms with Crippen LogP contribution in [0.1, 0.15) is 26.7 Å². The highest BCUT2D eigenvalue weighted by Crippen LogP contribution is 2.57. The molecule has 0 aromatic carbocycles. The summed E-state index contributed by atoms with van der Waals surface area (Å²) in [7, 11) is 0. The maximum absolute atomic E-state index is 11.3. The number of aliphatic hydroxyl groups excluding tert-OH is 1. The van der Waals surface area contributed by atoms with Crippen molar-refractivity contribution < 1.29 is 9.90 Å². The zero-order chi connectivity index (χ0) is 8.22. The number of ketones is 1. The number of Topliss-reactive ketones (excluding diaryl/α,β-unsaturated/α-hetero) is 1. The third-order valence-electron chi connectivity index (χ3n) is 3.65. The SMILES string of the molecule is CC1(C)[C@@H]2CC(O)C(=O)[C@H]1C2. The van der Waals surface area contributed by atoms with E-state index in [-0.39, 0.29) is 17.1 Å². The number of fused-ring (bicyclic) bond motifs is 2. The molecule has 0 heterocycles. The van der Waals surface area contributed by atoms with E-state index in [2.05, 4.69) is 13.8 Å². The van der Waals surface area contributed by atoms with E-state index in [1.807, 2.05) is 0 Å². The van der Waals surface area contributed by atoms with E-state index in [4.69, 9.17) is 0 Å². The Morgan fingerprint density at radius 3 is 2.45 bits per heavy atom. The predicted octanol–water partition coefficient (Wildman–Crippen LogP) is 0.982. The average Bonchev–Trinajstić information content (AvgIpc) is 1.93. The minimum Gasteiger partial charge on any atom is -0.385 e. The third-order valence-corrected chi connectivity index (χ3v) is 3.65. The Labute approximate surface area is 66.6 Å². The number of hydrogen-bond acceptors (Lipinski definition) is 2. The molecular weight excluding hydrogens is 140 g/mol. The molecule has 0 radical (unpaired) electrons.